The third kappa shape index (κ3) is 3.98. The fraction of sp³-hybridized carbons (Fsp3) is 0.167. The quantitative estimate of drug-likeness (QED) is 0.499. The molecule has 170 valence electrons. The predicted molar refractivity (Wildman–Crippen MR) is 126 cm³/mol. The highest BCUT2D eigenvalue weighted by molar-refractivity contribution is 7.11. The highest BCUT2D eigenvalue weighted by atomic mass is 32.1. The Morgan fingerprint density at radius 3 is 2.15 bits per heavy atom. The second-order valence-corrected chi connectivity index (χ2v) is 7.85. The summed E-state index contributed by atoms with van der Waals surface area (Å²) in [5, 5.41) is 4.97. The van der Waals surface area contributed by atoms with Gasteiger partial charge in [-0.15, -0.1) is 11.3 Å². The van der Waals surface area contributed by atoms with Gasteiger partial charge in [0, 0.05) is 22.7 Å². The van der Waals surface area contributed by atoms with Crippen LogP contribution in [0.5, 0.6) is 23.0 Å². The van der Waals surface area contributed by atoms with Gasteiger partial charge in [0.1, 0.15) is 17.2 Å². The van der Waals surface area contributed by atoms with E-state index in [4.69, 9.17) is 18.9 Å². The molecular formula is C24H22N2O6S. The monoisotopic (exact) mass is 466 g/mol. The van der Waals surface area contributed by atoms with E-state index in [0.717, 1.165) is 4.90 Å². The molecule has 0 unspecified atom stereocenters. The average molecular weight is 467 g/mol. The van der Waals surface area contributed by atoms with Gasteiger partial charge in [-0.2, -0.15) is 0 Å². The van der Waals surface area contributed by atoms with Gasteiger partial charge in [0.2, 0.25) is 0 Å². The Morgan fingerprint density at radius 1 is 0.788 bits per heavy atom. The summed E-state index contributed by atoms with van der Waals surface area (Å²) in [5.41, 5.74) is 1.29. The van der Waals surface area contributed by atoms with Gasteiger partial charge in [-0.3, -0.25) is 9.59 Å². The number of ether oxygens (including phenoxy) is 4. The minimum Gasteiger partial charge on any atom is -0.497 e. The Kier molecular flexibility index (Phi) is 6.23. The second-order valence-electron chi connectivity index (χ2n) is 6.91. The maximum atomic E-state index is 13.6. The Hall–Kier alpha value is -3.98. The normalized spacial score (nSPS) is 13.4. The summed E-state index contributed by atoms with van der Waals surface area (Å²) in [6.07, 6.45) is 0. The molecule has 3 aromatic rings. The number of nitrogens with one attached hydrogen (secondary N) is 1. The third-order valence-electron chi connectivity index (χ3n) is 5.13. The number of anilines is 2. The summed E-state index contributed by atoms with van der Waals surface area (Å²) in [6, 6.07) is 13.7. The Bertz CT molecular complexity index is 1240. The van der Waals surface area contributed by atoms with E-state index in [0.29, 0.717) is 39.2 Å². The maximum absolute atomic E-state index is 13.6. The van der Waals surface area contributed by atoms with Gasteiger partial charge in [-0.05, 0) is 35.7 Å². The van der Waals surface area contributed by atoms with E-state index in [2.05, 4.69) is 5.32 Å². The number of benzene rings is 2. The van der Waals surface area contributed by atoms with Crippen molar-refractivity contribution in [3.05, 3.63) is 64.5 Å². The van der Waals surface area contributed by atoms with Crippen LogP contribution in [0.4, 0.5) is 11.4 Å². The SMILES string of the molecule is COc1ccc(OC)c(N2C(=O)C(Nc3ccc(OC)c(OC)c3)=C(c3cccs3)C2=O)c1. The first kappa shape index (κ1) is 22.2. The topological polar surface area (TPSA) is 86.3 Å². The van der Waals surface area contributed by atoms with E-state index in [-0.39, 0.29) is 11.3 Å². The molecule has 0 bridgehead atoms. The lowest BCUT2D eigenvalue weighted by Gasteiger charge is -2.19. The maximum Gasteiger partial charge on any atom is 0.282 e. The van der Waals surface area contributed by atoms with Gasteiger partial charge >= 0.3 is 0 Å². The highest BCUT2D eigenvalue weighted by Gasteiger charge is 2.42. The fourth-order valence-corrected chi connectivity index (χ4v) is 4.31. The molecule has 0 spiro atoms. The van der Waals surface area contributed by atoms with Crippen LogP contribution in [0.3, 0.4) is 0 Å². The zero-order valence-electron chi connectivity index (χ0n) is 18.5. The molecule has 9 heteroatoms. The highest BCUT2D eigenvalue weighted by Crippen LogP contribution is 2.41. The standard InChI is InChI=1S/C24H22N2O6S/c1-29-15-8-10-17(30-2)16(13-15)26-23(27)21(20-6-5-11-33-20)22(24(26)28)25-14-7-9-18(31-3)19(12-14)32-4/h5-13,25H,1-4H3. The molecule has 0 fully saturated rings. The zero-order valence-corrected chi connectivity index (χ0v) is 19.3. The number of carbonyl (C=O) groups excluding carboxylic acids is 2. The van der Waals surface area contributed by atoms with Crippen molar-refractivity contribution >= 4 is 40.1 Å². The fourth-order valence-electron chi connectivity index (χ4n) is 3.54. The number of methoxy groups -OCH3 is 4. The number of carbonyl (C=O) groups is 2. The molecule has 2 amide bonds. The van der Waals surface area contributed by atoms with Gasteiger partial charge in [0.25, 0.3) is 11.8 Å². The van der Waals surface area contributed by atoms with Gasteiger partial charge in [0.15, 0.2) is 11.5 Å². The van der Waals surface area contributed by atoms with Crippen molar-refractivity contribution in [2.24, 2.45) is 0 Å². The van der Waals surface area contributed by atoms with Crippen LogP contribution < -0.4 is 29.2 Å². The van der Waals surface area contributed by atoms with Crippen LogP contribution in [0.15, 0.2) is 59.6 Å². The molecule has 0 radical (unpaired) electrons. The third-order valence-corrected chi connectivity index (χ3v) is 6.02. The van der Waals surface area contributed by atoms with Crippen molar-refractivity contribution in [3.8, 4) is 23.0 Å². The van der Waals surface area contributed by atoms with E-state index >= 15 is 0 Å². The summed E-state index contributed by atoms with van der Waals surface area (Å²) < 4.78 is 21.4. The molecule has 8 nitrogen and oxygen atoms in total. The van der Waals surface area contributed by atoms with Crippen LogP contribution in [-0.4, -0.2) is 40.3 Å². The number of imide groups is 1. The van der Waals surface area contributed by atoms with Gasteiger partial charge in [-0.1, -0.05) is 6.07 Å². The number of rotatable bonds is 8. The zero-order chi connectivity index (χ0) is 23.5. The van der Waals surface area contributed by atoms with Crippen LogP contribution in [0.1, 0.15) is 4.88 Å². The van der Waals surface area contributed by atoms with E-state index in [1.54, 1.807) is 49.6 Å². The summed E-state index contributed by atoms with van der Waals surface area (Å²) in [6.45, 7) is 0. The summed E-state index contributed by atoms with van der Waals surface area (Å²) in [4.78, 5) is 29.0. The molecule has 1 aliphatic heterocycles. The van der Waals surface area contributed by atoms with Crippen molar-refractivity contribution in [1.82, 2.24) is 0 Å². The summed E-state index contributed by atoms with van der Waals surface area (Å²) in [5.74, 6) is 0.929. The van der Waals surface area contributed by atoms with Crippen LogP contribution in [0.2, 0.25) is 0 Å². The first-order valence-corrected chi connectivity index (χ1v) is 10.8. The number of amides is 2. The molecule has 2 aromatic carbocycles. The predicted octanol–water partition coefficient (Wildman–Crippen LogP) is 4.18. The van der Waals surface area contributed by atoms with Crippen molar-refractivity contribution in [1.29, 1.82) is 0 Å². The molecule has 1 aromatic heterocycles. The van der Waals surface area contributed by atoms with Crippen molar-refractivity contribution in [2.45, 2.75) is 0 Å². The number of hydrogen-bond acceptors (Lipinski definition) is 8. The molecule has 4 rings (SSSR count). The molecule has 1 N–H and O–H groups in total. The van der Waals surface area contributed by atoms with Crippen LogP contribution in [0.25, 0.3) is 5.57 Å². The smallest absolute Gasteiger partial charge is 0.282 e. The lowest BCUT2D eigenvalue weighted by Crippen LogP contribution is -2.32. The lowest BCUT2D eigenvalue weighted by molar-refractivity contribution is -0.120. The molecule has 0 saturated carbocycles. The van der Waals surface area contributed by atoms with Crippen LogP contribution in [-0.2, 0) is 9.59 Å². The lowest BCUT2D eigenvalue weighted by atomic mass is 10.1. The molecule has 0 aliphatic carbocycles. The Labute approximate surface area is 194 Å². The van der Waals surface area contributed by atoms with Crippen molar-refractivity contribution in [2.75, 3.05) is 38.7 Å². The van der Waals surface area contributed by atoms with Crippen molar-refractivity contribution in [3.63, 3.8) is 0 Å². The summed E-state index contributed by atoms with van der Waals surface area (Å²) >= 11 is 1.37. The van der Waals surface area contributed by atoms with E-state index < -0.39 is 11.8 Å². The number of hydrogen-bond donors (Lipinski definition) is 1. The van der Waals surface area contributed by atoms with Crippen LogP contribution >= 0.6 is 11.3 Å². The minimum absolute atomic E-state index is 0.152. The van der Waals surface area contributed by atoms with E-state index in [9.17, 15) is 9.59 Å². The average Bonchev–Trinajstić information content (AvgIpc) is 3.45. The Morgan fingerprint density at radius 2 is 1.52 bits per heavy atom. The molecule has 0 saturated heterocycles. The van der Waals surface area contributed by atoms with Crippen molar-refractivity contribution < 1.29 is 28.5 Å². The van der Waals surface area contributed by atoms with E-state index in [1.165, 1.54) is 32.7 Å². The number of thiophene rings is 1. The molecule has 0 atom stereocenters. The van der Waals surface area contributed by atoms with Gasteiger partial charge in [-0.25, -0.2) is 4.90 Å². The molecule has 2 heterocycles. The van der Waals surface area contributed by atoms with Gasteiger partial charge in [0.05, 0.1) is 39.7 Å². The summed E-state index contributed by atoms with van der Waals surface area (Å²) in [7, 11) is 6.06. The first-order valence-electron chi connectivity index (χ1n) is 9.90. The second kappa shape index (κ2) is 9.25. The molecule has 1 aliphatic rings. The number of nitrogens with zero attached hydrogens (tertiary/aromatic N) is 1. The Balaban J connectivity index is 1.81. The first-order chi connectivity index (χ1) is 16.0. The van der Waals surface area contributed by atoms with E-state index in [1.807, 2.05) is 11.4 Å². The minimum atomic E-state index is -0.510. The largest absolute Gasteiger partial charge is 0.497 e. The van der Waals surface area contributed by atoms with Crippen LogP contribution in [0, 0.1) is 0 Å². The molecule has 33 heavy (non-hydrogen) atoms. The van der Waals surface area contributed by atoms with Gasteiger partial charge < -0.3 is 24.3 Å². The molecular weight excluding hydrogens is 444 g/mol.